The van der Waals surface area contributed by atoms with E-state index in [1.807, 2.05) is 24.1 Å². The van der Waals surface area contributed by atoms with Gasteiger partial charge in [0, 0.05) is 38.0 Å². The van der Waals surface area contributed by atoms with Crippen molar-refractivity contribution in [2.45, 2.75) is 32.6 Å². The summed E-state index contributed by atoms with van der Waals surface area (Å²) in [5.41, 5.74) is 1.64. The first-order valence-corrected chi connectivity index (χ1v) is 7.76. The first-order chi connectivity index (χ1) is 10.2. The monoisotopic (exact) mass is 291 g/mol. The van der Waals surface area contributed by atoms with Gasteiger partial charge < -0.3 is 15.3 Å². The molecule has 5 nitrogen and oxygen atoms in total. The number of aromatic nitrogens is 1. The molecule has 1 unspecified atom stereocenters. The molecular weight excluding hydrogens is 266 g/mol. The number of aliphatic hydroxyl groups excluding tert-OH is 1. The number of pyridine rings is 1. The summed E-state index contributed by atoms with van der Waals surface area (Å²) in [6.07, 6.45) is 3.83. The second kappa shape index (κ2) is 7.41. The third-order valence-electron chi connectivity index (χ3n) is 3.95. The van der Waals surface area contributed by atoms with Crippen molar-refractivity contribution in [2.75, 3.05) is 32.1 Å². The number of aliphatic hydroxyl groups is 1. The molecular formula is C16H25N3O2. The summed E-state index contributed by atoms with van der Waals surface area (Å²) in [5, 5.41) is 12.3. The van der Waals surface area contributed by atoms with Crippen LogP contribution in [0.3, 0.4) is 0 Å². The SMILES string of the molecule is CCCc1cc(C(=O)N2CCCC(CO)C2)cc(NC)n1. The lowest BCUT2D eigenvalue weighted by Crippen LogP contribution is -2.41. The van der Waals surface area contributed by atoms with Crippen LogP contribution in [-0.4, -0.2) is 47.6 Å². The summed E-state index contributed by atoms with van der Waals surface area (Å²) < 4.78 is 0. The van der Waals surface area contributed by atoms with Crippen molar-refractivity contribution in [3.63, 3.8) is 0 Å². The van der Waals surface area contributed by atoms with Crippen molar-refractivity contribution in [1.29, 1.82) is 0 Å². The number of aryl methyl sites for hydroxylation is 1. The van der Waals surface area contributed by atoms with E-state index in [-0.39, 0.29) is 18.4 Å². The minimum atomic E-state index is 0.0457. The van der Waals surface area contributed by atoms with Crippen molar-refractivity contribution in [1.82, 2.24) is 9.88 Å². The van der Waals surface area contributed by atoms with Crippen LogP contribution in [0, 0.1) is 5.92 Å². The zero-order chi connectivity index (χ0) is 15.2. The van der Waals surface area contributed by atoms with E-state index in [2.05, 4.69) is 17.2 Å². The average molecular weight is 291 g/mol. The van der Waals surface area contributed by atoms with Gasteiger partial charge in [-0.25, -0.2) is 4.98 Å². The van der Waals surface area contributed by atoms with Gasteiger partial charge in [0.25, 0.3) is 5.91 Å². The molecule has 2 N–H and O–H groups in total. The van der Waals surface area contributed by atoms with E-state index >= 15 is 0 Å². The summed E-state index contributed by atoms with van der Waals surface area (Å²) in [6, 6.07) is 3.71. The molecule has 1 aromatic rings. The lowest BCUT2D eigenvalue weighted by molar-refractivity contribution is 0.0620. The fourth-order valence-electron chi connectivity index (χ4n) is 2.80. The topological polar surface area (TPSA) is 65.5 Å². The quantitative estimate of drug-likeness (QED) is 0.870. The van der Waals surface area contributed by atoms with E-state index in [1.54, 1.807) is 0 Å². The van der Waals surface area contributed by atoms with E-state index in [1.165, 1.54) is 0 Å². The Morgan fingerprint density at radius 1 is 1.52 bits per heavy atom. The summed E-state index contributed by atoms with van der Waals surface area (Å²) in [4.78, 5) is 19.0. The van der Waals surface area contributed by atoms with Crippen LogP contribution in [0.2, 0.25) is 0 Å². The Hall–Kier alpha value is -1.62. The molecule has 5 heteroatoms. The van der Waals surface area contributed by atoms with Crippen LogP contribution in [0.25, 0.3) is 0 Å². The number of carbonyl (C=O) groups excluding carboxylic acids is 1. The minimum absolute atomic E-state index is 0.0457. The molecule has 1 atom stereocenters. The maximum absolute atomic E-state index is 12.7. The zero-order valence-electron chi connectivity index (χ0n) is 12.9. The zero-order valence-corrected chi connectivity index (χ0v) is 12.9. The van der Waals surface area contributed by atoms with Crippen molar-refractivity contribution >= 4 is 11.7 Å². The maximum atomic E-state index is 12.7. The summed E-state index contributed by atoms with van der Waals surface area (Å²) in [7, 11) is 1.81. The highest BCUT2D eigenvalue weighted by Gasteiger charge is 2.24. The number of likely N-dealkylation sites (tertiary alicyclic amines) is 1. The van der Waals surface area contributed by atoms with Crippen LogP contribution in [0.15, 0.2) is 12.1 Å². The molecule has 1 aliphatic heterocycles. The lowest BCUT2D eigenvalue weighted by atomic mass is 9.98. The number of hydrogen-bond acceptors (Lipinski definition) is 4. The fourth-order valence-corrected chi connectivity index (χ4v) is 2.80. The Balaban J connectivity index is 2.19. The highest BCUT2D eigenvalue weighted by atomic mass is 16.3. The molecule has 0 aromatic carbocycles. The second-order valence-corrected chi connectivity index (χ2v) is 5.67. The van der Waals surface area contributed by atoms with Gasteiger partial charge >= 0.3 is 0 Å². The largest absolute Gasteiger partial charge is 0.396 e. The number of carbonyl (C=O) groups is 1. The Morgan fingerprint density at radius 2 is 2.33 bits per heavy atom. The van der Waals surface area contributed by atoms with Crippen LogP contribution in [-0.2, 0) is 6.42 Å². The molecule has 0 spiro atoms. The Bertz CT molecular complexity index is 490. The first-order valence-electron chi connectivity index (χ1n) is 7.76. The molecule has 1 fully saturated rings. The molecule has 1 saturated heterocycles. The maximum Gasteiger partial charge on any atom is 0.254 e. The third-order valence-corrected chi connectivity index (χ3v) is 3.95. The molecule has 0 bridgehead atoms. The molecule has 0 radical (unpaired) electrons. The highest BCUT2D eigenvalue weighted by molar-refractivity contribution is 5.95. The van der Waals surface area contributed by atoms with Crippen molar-refractivity contribution in [3.05, 3.63) is 23.4 Å². The fraction of sp³-hybridized carbons (Fsp3) is 0.625. The van der Waals surface area contributed by atoms with E-state index < -0.39 is 0 Å². The first kappa shape index (κ1) is 15.8. The van der Waals surface area contributed by atoms with E-state index in [0.29, 0.717) is 12.1 Å². The number of rotatable bonds is 5. The summed E-state index contributed by atoms with van der Waals surface area (Å²) in [5.74, 6) is 0.993. The normalized spacial score (nSPS) is 18.6. The van der Waals surface area contributed by atoms with Crippen LogP contribution in [0.4, 0.5) is 5.82 Å². The Labute approximate surface area is 126 Å². The van der Waals surface area contributed by atoms with Crippen LogP contribution < -0.4 is 5.32 Å². The van der Waals surface area contributed by atoms with Crippen molar-refractivity contribution < 1.29 is 9.90 Å². The molecule has 2 rings (SSSR count). The van der Waals surface area contributed by atoms with Crippen molar-refractivity contribution in [2.24, 2.45) is 5.92 Å². The van der Waals surface area contributed by atoms with Crippen LogP contribution in [0.1, 0.15) is 42.2 Å². The number of hydrogen-bond donors (Lipinski definition) is 2. The van der Waals surface area contributed by atoms with Gasteiger partial charge in [-0.15, -0.1) is 0 Å². The predicted molar refractivity (Wildman–Crippen MR) is 83.5 cm³/mol. The predicted octanol–water partition coefficient (Wildman–Crippen LogP) is 1.92. The van der Waals surface area contributed by atoms with Gasteiger partial charge in [-0.3, -0.25) is 4.79 Å². The van der Waals surface area contributed by atoms with E-state index in [4.69, 9.17) is 0 Å². The number of anilines is 1. The molecule has 2 heterocycles. The lowest BCUT2D eigenvalue weighted by Gasteiger charge is -2.32. The molecule has 21 heavy (non-hydrogen) atoms. The molecule has 116 valence electrons. The number of amides is 1. The smallest absolute Gasteiger partial charge is 0.254 e. The Morgan fingerprint density at radius 3 is 3.00 bits per heavy atom. The number of nitrogens with one attached hydrogen (secondary N) is 1. The van der Waals surface area contributed by atoms with Gasteiger partial charge in [-0.1, -0.05) is 13.3 Å². The van der Waals surface area contributed by atoms with Gasteiger partial charge in [0.1, 0.15) is 5.82 Å². The molecule has 1 aliphatic rings. The molecule has 1 amide bonds. The van der Waals surface area contributed by atoms with E-state index in [0.717, 1.165) is 43.7 Å². The third kappa shape index (κ3) is 3.94. The standard InChI is InChI=1S/C16H25N3O2/c1-3-5-14-8-13(9-15(17-2)18-14)16(21)19-7-4-6-12(10-19)11-20/h8-9,12,20H,3-7,10-11H2,1-2H3,(H,17,18). The van der Waals surface area contributed by atoms with Gasteiger partial charge in [-0.2, -0.15) is 0 Å². The Kier molecular flexibility index (Phi) is 5.56. The molecule has 1 aromatic heterocycles. The van der Waals surface area contributed by atoms with Crippen LogP contribution >= 0.6 is 0 Å². The number of nitrogens with zero attached hydrogens (tertiary/aromatic N) is 2. The minimum Gasteiger partial charge on any atom is -0.396 e. The summed E-state index contributed by atoms with van der Waals surface area (Å²) >= 11 is 0. The number of piperidine rings is 1. The van der Waals surface area contributed by atoms with Gasteiger partial charge in [0.15, 0.2) is 0 Å². The van der Waals surface area contributed by atoms with E-state index in [9.17, 15) is 9.90 Å². The van der Waals surface area contributed by atoms with Gasteiger partial charge in [0.2, 0.25) is 0 Å². The van der Waals surface area contributed by atoms with Gasteiger partial charge in [-0.05, 0) is 37.3 Å². The van der Waals surface area contributed by atoms with Crippen LogP contribution in [0.5, 0.6) is 0 Å². The summed E-state index contributed by atoms with van der Waals surface area (Å²) in [6.45, 7) is 3.68. The average Bonchev–Trinajstić information content (AvgIpc) is 2.54. The molecule has 0 saturated carbocycles. The second-order valence-electron chi connectivity index (χ2n) is 5.67. The highest BCUT2D eigenvalue weighted by Crippen LogP contribution is 2.20. The molecule has 0 aliphatic carbocycles. The van der Waals surface area contributed by atoms with Gasteiger partial charge in [0.05, 0.1) is 0 Å². The van der Waals surface area contributed by atoms with Crippen molar-refractivity contribution in [3.8, 4) is 0 Å².